The molecule has 0 bridgehead atoms. The Balaban J connectivity index is 1.99. The van der Waals surface area contributed by atoms with Gasteiger partial charge in [0, 0.05) is 19.1 Å². The Bertz CT molecular complexity index is 286. The molecule has 0 aliphatic carbocycles. The van der Waals surface area contributed by atoms with Gasteiger partial charge in [0.15, 0.2) is 0 Å². The fourth-order valence-electron chi connectivity index (χ4n) is 2.17. The van der Waals surface area contributed by atoms with Crippen molar-refractivity contribution in [2.75, 3.05) is 19.6 Å². The molecule has 0 amide bonds. The van der Waals surface area contributed by atoms with Gasteiger partial charge in [0.25, 0.3) is 0 Å². The lowest BCUT2D eigenvalue weighted by Gasteiger charge is -2.31. The number of hydrogen-bond donors (Lipinski definition) is 0. The van der Waals surface area contributed by atoms with E-state index in [0.717, 1.165) is 5.82 Å². The van der Waals surface area contributed by atoms with Crippen LogP contribution in [0.4, 0.5) is 0 Å². The molecule has 78 valence electrons. The molecule has 0 N–H and O–H groups in total. The average Bonchev–Trinajstić information content (AvgIpc) is 2.65. The zero-order valence-corrected chi connectivity index (χ0v) is 8.98. The van der Waals surface area contributed by atoms with Crippen molar-refractivity contribution in [1.29, 1.82) is 0 Å². The predicted octanol–water partition coefficient (Wildman–Crippen LogP) is 1.24. The second-order valence-electron chi connectivity index (χ2n) is 3.95. The van der Waals surface area contributed by atoms with E-state index >= 15 is 0 Å². The van der Waals surface area contributed by atoms with E-state index in [1.54, 1.807) is 0 Å². The molecular formula is C10H18N4. The van der Waals surface area contributed by atoms with Crippen LogP contribution in [0.25, 0.3) is 0 Å². The Morgan fingerprint density at radius 3 is 2.64 bits per heavy atom. The minimum absolute atomic E-state index is 0.618. The normalized spacial score (nSPS) is 20.1. The monoisotopic (exact) mass is 194 g/mol. The Kier molecular flexibility index (Phi) is 2.82. The lowest BCUT2D eigenvalue weighted by molar-refractivity contribution is 0.193. The third-order valence-corrected chi connectivity index (χ3v) is 3.15. The van der Waals surface area contributed by atoms with Crippen LogP contribution in [0.3, 0.4) is 0 Å². The molecule has 0 radical (unpaired) electrons. The summed E-state index contributed by atoms with van der Waals surface area (Å²) in [6, 6.07) is 0.618. The van der Waals surface area contributed by atoms with Crippen LogP contribution in [-0.2, 0) is 0 Å². The number of piperidine rings is 1. The van der Waals surface area contributed by atoms with Crippen LogP contribution in [0.15, 0.2) is 6.33 Å². The maximum Gasteiger partial charge on any atom is 0.129 e. The molecule has 0 unspecified atom stereocenters. The Morgan fingerprint density at radius 1 is 1.43 bits per heavy atom. The summed E-state index contributed by atoms with van der Waals surface area (Å²) in [5, 5.41) is 7.97. The number of aromatic nitrogens is 3. The first-order valence-electron chi connectivity index (χ1n) is 5.39. The third-order valence-electron chi connectivity index (χ3n) is 3.15. The van der Waals surface area contributed by atoms with E-state index in [0.29, 0.717) is 6.04 Å². The minimum Gasteiger partial charge on any atom is -0.315 e. The largest absolute Gasteiger partial charge is 0.315 e. The summed E-state index contributed by atoms with van der Waals surface area (Å²) < 4.78 is 2.22. The molecule has 1 aliphatic rings. The van der Waals surface area contributed by atoms with Gasteiger partial charge in [-0.1, -0.05) is 6.92 Å². The van der Waals surface area contributed by atoms with Crippen LogP contribution in [-0.4, -0.2) is 39.3 Å². The van der Waals surface area contributed by atoms with E-state index in [4.69, 9.17) is 0 Å². The average molecular weight is 194 g/mol. The van der Waals surface area contributed by atoms with Crippen LogP contribution < -0.4 is 0 Å². The van der Waals surface area contributed by atoms with Gasteiger partial charge >= 0.3 is 0 Å². The Morgan fingerprint density at radius 2 is 2.14 bits per heavy atom. The highest BCUT2D eigenvalue weighted by Gasteiger charge is 2.20. The number of aryl methyl sites for hydroxylation is 1. The standard InChI is InChI=1S/C10H18N4/c1-3-13-6-4-10(5-7-13)14-8-11-12-9(14)2/h8,10H,3-7H2,1-2H3. The van der Waals surface area contributed by atoms with Gasteiger partial charge in [-0.3, -0.25) is 0 Å². The number of rotatable bonds is 2. The van der Waals surface area contributed by atoms with Crippen molar-refractivity contribution in [3.05, 3.63) is 12.2 Å². The first-order valence-corrected chi connectivity index (χ1v) is 5.39. The summed E-state index contributed by atoms with van der Waals surface area (Å²) >= 11 is 0. The third kappa shape index (κ3) is 1.80. The molecule has 1 fully saturated rings. The quantitative estimate of drug-likeness (QED) is 0.710. The molecule has 0 aromatic carbocycles. The van der Waals surface area contributed by atoms with Crippen LogP contribution in [0.2, 0.25) is 0 Å². The molecule has 0 saturated carbocycles. The molecule has 0 spiro atoms. The number of likely N-dealkylation sites (tertiary alicyclic amines) is 1. The zero-order chi connectivity index (χ0) is 9.97. The van der Waals surface area contributed by atoms with Gasteiger partial charge in [-0.2, -0.15) is 0 Å². The predicted molar refractivity (Wildman–Crippen MR) is 55.1 cm³/mol. The summed E-state index contributed by atoms with van der Waals surface area (Å²) in [4.78, 5) is 2.50. The van der Waals surface area contributed by atoms with Crippen molar-refractivity contribution in [3.63, 3.8) is 0 Å². The first kappa shape index (κ1) is 9.65. The number of hydrogen-bond acceptors (Lipinski definition) is 3. The molecule has 1 aromatic rings. The van der Waals surface area contributed by atoms with E-state index in [2.05, 4.69) is 26.6 Å². The second-order valence-corrected chi connectivity index (χ2v) is 3.95. The summed E-state index contributed by atoms with van der Waals surface area (Å²) in [6.45, 7) is 7.84. The highest BCUT2D eigenvalue weighted by Crippen LogP contribution is 2.22. The van der Waals surface area contributed by atoms with Crippen LogP contribution >= 0.6 is 0 Å². The van der Waals surface area contributed by atoms with Gasteiger partial charge < -0.3 is 9.47 Å². The first-order chi connectivity index (χ1) is 6.81. The number of nitrogens with zero attached hydrogens (tertiary/aromatic N) is 4. The summed E-state index contributed by atoms with van der Waals surface area (Å²) in [5.41, 5.74) is 0. The second kappa shape index (κ2) is 4.09. The molecule has 1 aliphatic heterocycles. The summed E-state index contributed by atoms with van der Waals surface area (Å²) in [7, 11) is 0. The fraction of sp³-hybridized carbons (Fsp3) is 0.800. The maximum atomic E-state index is 4.03. The molecule has 1 aromatic heterocycles. The molecule has 0 atom stereocenters. The molecule has 2 rings (SSSR count). The molecule has 2 heterocycles. The molecule has 14 heavy (non-hydrogen) atoms. The van der Waals surface area contributed by atoms with E-state index in [1.807, 2.05) is 13.3 Å². The van der Waals surface area contributed by atoms with Crippen LogP contribution in [0.1, 0.15) is 31.6 Å². The highest BCUT2D eigenvalue weighted by atomic mass is 15.3. The molecule has 4 nitrogen and oxygen atoms in total. The fourth-order valence-corrected chi connectivity index (χ4v) is 2.17. The Labute approximate surface area is 84.9 Å². The van der Waals surface area contributed by atoms with Crippen molar-refractivity contribution in [1.82, 2.24) is 19.7 Å². The topological polar surface area (TPSA) is 34.0 Å². The maximum absolute atomic E-state index is 4.03. The van der Waals surface area contributed by atoms with Crippen molar-refractivity contribution in [2.45, 2.75) is 32.7 Å². The highest BCUT2D eigenvalue weighted by molar-refractivity contribution is 4.87. The smallest absolute Gasteiger partial charge is 0.129 e. The van der Waals surface area contributed by atoms with Crippen LogP contribution in [0.5, 0.6) is 0 Å². The van der Waals surface area contributed by atoms with Gasteiger partial charge in [-0.15, -0.1) is 10.2 Å². The van der Waals surface area contributed by atoms with Gasteiger partial charge in [0.1, 0.15) is 12.2 Å². The lowest BCUT2D eigenvalue weighted by atomic mass is 10.1. The van der Waals surface area contributed by atoms with Crippen molar-refractivity contribution in [3.8, 4) is 0 Å². The molecule has 1 saturated heterocycles. The Hall–Kier alpha value is -0.900. The van der Waals surface area contributed by atoms with Crippen molar-refractivity contribution in [2.24, 2.45) is 0 Å². The van der Waals surface area contributed by atoms with Gasteiger partial charge in [-0.25, -0.2) is 0 Å². The van der Waals surface area contributed by atoms with Gasteiger partial charge in [0.05, 0.1) is 0 Å². The van der Waals surface area contributed by atoms with Crippen LogP contribution in [0, 0.1) is 6.92 Å². The SMILES string of the molecule is CCN1CCC(n2cnnc2C)CC1. The van der Waals surface area contributed by atoms with Gasteiger partial charge in [-0.05, 0) is 26.3 Å². The van der Waals surface area contributed by atoms with E-state index in [-0.39, 0.29) is 0 Å². The molecular weight excluding hydrogens is 176 g/mol. The zero-order valence-electron chi connectivity index (χ0n) is 8.98. The van der Waals surface area contributed by atoms with Gasteiger partial charge in [0.2, 0.25) is 0 Å². The molecule has 4 heteroatoms. The summed E-state index contributed by atoms with van der Waals surface area (Å²) in [6.07, 6.45) is 4.32. The van der Waals surface area contributed by atoms with Crippen molar-refractivity contribution < 1.29 is 0 Å². The lowest BCUT2D eigenvalue weighted by Crippen LogP contribution is -2.34. The summed E-state index contributed by atoms with van der Waals surface area (Å²) in [5.74, 6) is 1.04. The van der Waals surface area contributed by atoms with E-state index in [1.165, 1.54) is 32.5 Å². The minimum atomic E-state index is 0.618. The van der Waals surface area contributed by atoms with E-state index in [9.17, 15) is 0 Å². The van der Waals surface area contributed by atoms with Crippen molar-refractivity contribution >= 4 is 0 Å². The van der Waals surface area contributed by atoms with E-state index < -0.39 is 0 Å².